The van der Waals surface area contributed by atoms with Crippen LogP contribution in [-0.2, 0) is 6.18 Å². The largest absolute Gasteiger partial charge is 0.478 e. The van der Waals surface area contributed by atoms with Gasteiger partial charge in [-0.1, -0.05) is 30.0 Å². The predicted octanol–water partition coefficient (Wildman–Crippen LogP) is 3.80. The van der Waals surface area contributed by atoms with E-state index >= 15 is 0 Å². The second-order valence-electron chi connectivity index (χ2n) is 4.18. The highest BCUT2D eigenvalue weighted by Crippen LogP contribution is 2.32. The summed E-state index contributed by atoms with van der Waals surface area (Å²) in [4.78, 5) is 10.8. The smallest absolute Gasteiger partial charge is 0.417 e. The molecule has 0 bridgehead atoms. The van der Waals surface area contributed by atoms with E-state index in [4.69, 9.17) is 5.11 Å². The summed E-state index contributed by atoms with van der Waals surface area (Å²) in [5.74, 6) is 3.65. The third kappa shape index (κ3) is 3.63. The fourth-order valence-electron chi connectivity index (χ4n) is 1.68. The number of alkyl halides is 3. The highest BCUT2D eigenvalue weighted by Gasteiger charge is 2.33. The van der Waals surface area contributed by atoms with Gasteiger partial charge in [0.2, 0.25) is 0 Å². The number of carboxylic acids is 1. The van der Waals surface area contributed by atoms with Gasteiger partial charge in [-0.2, -0.15) is 13.2 Å². The first-order valence-corrected chi connectivity index (χ1v) is 5.89. The number of carbonyl (C=O) groups is 1. The van der Waals surface area contributed by atoms with E-state index in [1.165, 1.54) is 0 Å². The van der Waals surface area contributed by atoms with Gasteiger partial charge in [-0.05, 0) is 30.3 Å². The van der Waals surface area contributed by atoms with Gasteiger partial charge in [-0.25, -0.2) is 4.79 Å². The Bertz CT molecular complexity index is 723. The number of aromatic carboxylic acids is 1. The molecular weight excluding hydrogens is 281 g/mol. The Kier molecular flexibility index (Phi) is 3.99. The first-order valence-electron chi connectivity index (χ1n) is 5.89. The average molecular weight is 290 g/mol. The molecule has 5 heteroatoms. The lowest BCUT2D eigenvalue weighted by Gasteiger charge is -2.09. The van der Waals surface area contributed by atoms with Crippen molar-refractivity contribution in [1.29, 1.82) is 0 Å². The van der Waals surface area contributed by atoms with Crippen LogP contribution in [0.2, 0.25) is 0 Å². The number of hydrogen-bond acceptors (Lipinski definition) is 1. The van der Waals surface area contributed by atoms with Crippen LogP contribution >= 0.6 is 0 Å². The molecule has 0 aliphatic carbocycles. The monoisotopic (exact) mass is 290 g/mol. The number of rotatable bonds is 1. The van der Waals surface area contributed by atoms with Gasteiger partial charge >= 0.3 is 12.1 Å². The molecule has 2 rings (SSSR count). The van der Waals surface area contributed by atoms with Gasteiger partial charge in [0.25, 0.3) is 0 Å². The Morgan fingerprint density at radius 1 is 1.00 bits per heavy atom. The summed E-state index contributed by atoms with van der Waals surface area (Å²) in [6.45, 7) is 0. The van der Waals surface area contributed by atoms with Crippen LogP contribution in [0.15, 0.2) is 48.5 Å². The maximum Gasteiger partial charge on any atom is 0.417 e. The fourth-order valence-corrected chi connectivity index (χ4v) is 1.68. The quantitative estimate of drug-likeness (QED) is 0.811. The maximum atomic E-state index is 13.0. The van der Waals surface area contributed by atoms with Crippen molar-refractivity contribution in [2.24, 2.45) is 0 Å². The topological polar surface area (TPSA) is 37.3 Å². The van der Waals surface area contributed by atoms with Crippen LogP contribution in [0, 0.1) is 11.8 Å². The molecular formula is C16H9F3O2. The molecule has 0 aliphatic rings. The Hall–Kier alpha value is -2.74. The third-order valence-electron chi connectivity index (χ3n) is 2.69. The average Bonchev–Trinajstić information content (AvgIpc) is 2.45. The van der Waals surface area contributed by atoms with Crippen molar-refractivity contribution in [2.45, 2.75) is 6.18 Å². The van der Waals surface area contributed by atoms with Crippen molar-refractivity contribution < 1.29 is 23.1 Å². The predicted molar refractivity (Wildman–Crippen MR) is 70.8 cm³/mol. The van der Waals surface area contributed by atoms with Crippen molar-refractivity contribution in [3.8, 4) is 11.8 Å². The highest BCUT2D eigenvalue weighted by molar-refractivity contribution is 5.88. The molecule has 2 aromatic rings. The summed E-state index contributed by atoms with van der Waals surface area (Å²) in [6, 6.07) is 11.3. The lowest BCUT2D eigenvalue weighted by Crippen LogP contribution is -2.10. The Morgan fingerprint density at radius 2 is 1.67 bits per heavy atom. The molecule has 0 aromatic heterocycles. The van der Waals surface area contributed by atoms with E-state index in [-0.39, 0.29) is 5.56 Å². The summed E-state index contributed by atoms with van der Waals surface area (Å²) < 4.78 is 38.9. The third-order valence-corrected chi connectivity index (χ3v) is 2.69. The maximum absolute atomic E-state index is 13.0. The molecule has 0 saturated heterocycles. The minimum Gasteiger partial charge on any atom is -0.478 e. The van der Waals surface area contributed by atoms with Gasteiger partial charge in [0.1, 0.15) is 0 Å². The normalized spacial score (nSPS) is 10.6. The number of hydrogen-bond donors (Lipinski definition) is 1. The molecule has 0 atom stereocenters. The Morgan fingerprint density at radius 3 is 2.24 bits per heavy atom. The van der Waals surface area contributed by atoms with Crippen molar-refractivity contribution in [3.05, 3.63) is 70.8 Å². The Balaban J connectivity index is 2.49. The summed E-state index contributed by atoms with van der Waals surface area (Å²) in [6.07, 6.45) is -4.66. The zero-order valence-corrected chi connectivity index (χ0v) is 10.6. The second-order valence-corrected chi connectivity index (χ2v) is 4.18. The number of halogens is 3. The van der Waals surface area contributed by atoms with Crippen LogP contribution in [0.4, 0.5) is 13.2 Å². The van der Waals surface area contributed by atoms with Gasteiger partial charge in [0.15, 0.2) is 0 Å². The SMILES string of the molecule is O=C(O)c1ccc(C#Cc2ccccc2)c(C(F)(F)F)c1. The molecule has 21 heavy (non-hydrogen) atoms. The summed E-state index contributed by atoms with van der Waals surface area (Å²) in [5, 5.41) is 8.77. The van der Waals surface area contributed by atoms with E-state index < -0.39 is 23.3 Å². The number of carboxylic acid groups (broad SMARTS) is 1. The highest BCUT2D eigenvalue weighted by atomic mass is 19.4. The first kappa shape index (κ1) is 14.7. The van der Waals surface area contributed by atoms with Gasteiger partial charge in [-0.15, -0.1) is 0 Å². The van der Waals surface area contributed by atoms with E-state index in [0.717, 1.165) is 12.1 Å². The molecule has 0 spiro atoms. The summed E-state index contributed by atoms with van der Waals surface area (Å²) in [5.41, 5.74) is -1.15. The lowest BCUT2D eigenvalue weighted by atomic mass is 10.0. The summed E-state index contributed by atoms with van der Waals surface area (Å²) >= 11 is 0. The summed E-state index contributed by atoms with van der Waals surface area (Å²) in [7, 11) is 0. The van der Waals surface area contributed by atoms with Crippen LogP contribution in [0.1, 0.15) is 27.0 Å². The molecule has 0 radical (unpaired) electrons. The minimum absolute atomic E-state index is 0.253. The minimum atomic E-state index is -4.66. The second kappa shape index (κ2) is 5.71. The van der Waals surface area contributed by atoms with Gasteiger partial charge < -0.3 is 5.11 Å². The zero-order chi connectivity index (χ0) is 15.5. The van der Waals surface area contributed by atoms with Gasteiger partial charge in [0, 0.05) is 11.1 Å². The van der Waals surface area contributed by atoms with Gasteiger partial charge in [-0.3, -0.25) is 0 Å². The van der Waals surface area contributed by atoms with E-state index in [2.05, 4.69) is 11.8 Å². The molecule has 0 heterocycles. The van der Waals surface area contributed by atoms with Gasteiger partial charge in [0.05, 0.1) is 11.1 Å². The van der Waals surface area contributed by atoms with Crippen molar-refractivity contribution in [2.75, 3.05) is 0 Å². The van der Waals surface area contributed by atoms with E-state index in [1.54, 1.807) is 30.3 Å². The van der Waals surface area contributed by atoms with E-state index in [9.17, 15) is 18.0 Å². The molecule has 0 saturated carbocycles. The molecule has 0 amide bonds. The standard InChI is InChI=1S/C16H9F3O2/c17-16(18,19)14-10-13(15(20)21)9-8-12(14)7-6-11-4-2-1-3-5-11/h1-5,8-10H,(H,20,21). The van der Waals surface area contributed by atoms with Crippen LogP contribution in [-0.4, -0.2) is 11.1 Å². The molecule has 0 fully saturated rings. The van der Waals surface area contributed by atoms with Crippen LogP contribution in [0.3, 0.4) is 0 Å². The molecule has 1 N–H and O–H groups in total. The number of benzene rings is 2. The fraction of sp³-hybridized carbons (Fsp3) is 0.0625. The van der Waals surface area contributed by atoms with E-state index in [1.807, 2.05) is 0 Å². The first-order chi connectivity index (χ1) is 9.88. The van der Waals surface area contributed by atoms with Crippen LogP contribution < -0.4 is 0 Å². The van der Waals surface area contributed by atoms with Crippen LogP contribution in [0.5, 0.6) is 0 Å². The molecule has 0 aliphatic heterocycles. The van der Waals surface area contributed by atoms with Crippen molar-refractivity contribution in [3.63, 3.8) is 0 Å². The molecule has 2 aromatic carbocycles. The molecule has 0 unspecified atom stereocenters. The molecule has 2 nitrogen and oxygen atoms in total. The molecule has 106 valence electrons. The van der Waals surface area contributed by atoms with E-state index in [0.29, 0.717) is 11.6 Å². The lowest BCUT2D eigenvalue weighted by molar-refractivity contribution is -0.137. The van der Waals surface area contributed by atoms with Crippen molar-refractivity contribution >= 4 is 5.97 Å². The van der Waals surface area contributed by atoms with Crippen molar-refractivity contribution in [1.82, 2.24) is 0 Å². The Labute approximate surface area is 118 Å². The van der Waals surface area contributed by atoms with Crippen LogP contribution in [0.25, 0.3) is 0 Å². The zero-order valence-electron chi connectivity index (χ0n) is 10.6.